The molecule has 2 rings (SSSR count). The highest BCUT2D eigenvalue weighted by Gasteiger charge is 2.20. The molecule has 0 spiro atoms. The van der Waals surface area contributed by atoms with Crippen molar-refractivity contribution < 1.29 is 9.53 Å². The molecule has 0 aromatic carbocycles. The van der Waals surface area contributed by atoms with E-state index in [2.05, 4.69) is 30.9 Å². The van der Waals surface area contributed by atoms with Gasteiger partial charge >= 0.3 is 5.97 Å². The van der Waals surface area contributed by atoms with Gasteiger partial charge in [0.05, 0.1) is 12.3 Å². The Morgan fingerprint density at radius 1 is 1.44 bits per heavy atom. The first-order chi connectivity index (χ1) is 8.43. The molecule has 2 aromatic heterocycles. The zero-order chi connectivity index (χ0) is 13.3. The summed E-state index contributed by atoms with van der Waals surface area (Å²) in [6, 6.07) is 3.56. The first kappa shape index (κ1) is 12.5. The lowest BCUT2D eigenvalue weighted by Gasteiger charge is -2.19. The molecular formula is C13H17N3O2. The van der Waals surface area contributed by atoms with Crippen molar-refractivity contribution in [3.63, 3.8) is 0 Å². The Kier molecular flexibility index (Phi) is 3.07. The highest BCUT2D eigenvalue weighted by atomic mass is 16.5. The van der Waals surface area contributed by atoms with Crippen molar-refractivity contribution in [2.24, 2.45) is 0 Å². The summed E-state index contributed by atoms with van der Waals surface area (Å²) >= 11 is 0. The summed E-state index contributed by atoms with van der Waals surface area (Å²) in [6.07, 6.45) is 1.73. The lowest BCUT2D eigenvalue weighted by Crippen LogP contribution is -2.17. The Morgan fingerprint density at radius 3 is 2.78 bits per heavy atom. The number of hydrogen-bond donors (Lipinski definition) is 0. The molecule has 0 aliphatic heterocycles. The maximum Gasteiger partial charge on any atom is 0.358 e. The maximum atomic E-state index is 11.6. The number of esters is 1. The Labute approximate surface area is 106 Å². The summed E-state index contributed by atoms with van der Waals surface area (Å²) in [7, 11) is 0. The molecule has 0 amide bonds. The molecule has 2 heterocycles. The molecule has 5 nitrogen and oxygen atoms in total. The second kappa shape index (κ2) is 4.40. The quantitative estimate of drug-likeness (QED) is 0.763. The topological polar surface area (TPSA) is 56.5 Å². The van der Waals surface area contributed by atoms with Gasteiger partial charge in [-0.25, -0.2) is 14.3 Å². The fourth-order valence-electron chi connectivity index (χ4n) is 1.77. The Hall–Kier alpha value is -1.91. The monoisotopic (exact) mass is 247 g/mol. The first-order valence-electron chi connectivity index (χ1n) is 5.96. The van der Waals surface area contributed by atoms with Crippen molar-refractivity contribution in [3.8, 4) is 0 Å². The Bertz CT molecular complexity index is 581. The summed E-state index contributed by atoms with van der Waals surface area (Å²) in [5.74, 6) is -0.414. The highest BCUT2D eigenvalue weighted by molar-refractivity contribution is 5.88. The number of rotatable bonds is 2. The van der Waals surface area contributed by atoms with E-state index >= 15 is 0 Å². The number of carbonyl (C=O) groups excluding carboxylic acids is 1. The summed E-state index contributed by atoms with van der Waals surface area (Å²) in [6.45, 7) is 8.38. The summed E-state index contributed by atoms with van der Waals surface area (Å²) in [5, 5.41) is 4.28. The predicted molar refractivity (Wildman–Crippen MR) is 67.6 cm³/mol. The van der Waals surface area contributed by atoms with Gasteiger partial charge < -0.3 is 4.74 Å². The van der Waals surface area contributed by atoms with Gasteiger partial charge in [0, 0.05) is 17.7 Å². The van der Waals surface area contributed by atoms with E-state index in [1.54, 1.807) is 23.7 Å². The third-order valence-electron chi connectivity index (χ3n) is 2.61. The predicted octanol–water partition coefficient (Wildman–Crippen LogP) is 2.20. The van der Waals surface area contributed by atoms with E-state index < -0.39 is 5.97 Å². The number of fused-ring (bicyclic) bond motifs is 1. The van der Waals surface area contributed by atoms with E-state index in [1.807, 2.05) is 6.07 Å². The average molecular weight is 247 g/mol. The summed E-state index contributed by atoms with van der Waals surface area (Å²) < 4.78 is 6.64. The molecule has 0 fully saturated rings. The Balaban J connectivity index is 2.55. The van der Waals surface area contributed by atoms with Crippen LogP contribution in [0.3, 0.4) is 0 Å². The molecule has 96 valence electrons. The standard InChI is InChI=1S/C13H17N3O2/c1-5-18-12(17)9-8-11-14-7-6-10(13(2,3)4)16(11)15-9/h6-8H,5H2,1-4H3. The second-order valence-electron chi connectivity index (χ2n) is 5.10. The third kappa shape index (κ3) is 2.20. The van der Waals surface area contributed by atoms with Gasteiger partial charge in [0.15, 0.2) is 11.3 Å². The fourth-order valence-corrected chi connectivity index (χ4v) is 1.77. The smallest absolute Gasteiger partial charge is 0.358 e. The van der Waals surface area contributed by atoms with Gasteiger partial charge in [0.25, 0.3) is 0 Å². The largest absolute Gasteiger partial charge is 0.461 e. The zero-order valence-corrected chi connectivity index (χ0v) is 11.1. The Morgan fingerprint density at radius 2 is 2.17 bits per heavy atom. The van der Waals surface area contributed by atoms with Crippen LogP contribution in [0.5, 0.6) is 0 Å². The van der Waals surface area contributed by atoms with Crippen molar-refractivity contribution >= 4 is 11.6 Å². The van der Waals surface area contributed by atoms with E-state index in [0.717, 1.165) is 5.69 Å². The van der Waals surface area contributed by atoms with Crippen molar-refractivity contribution in [1.82, 2.24) is 14.6 Å². The van der Waals surface area contributed by atoms with Crippen LogP contribution in [0.15, 0.2) is 18.3 Å². The van der Waals surface area contributed by atoms with Gasteiger partial charge in [-0.3, -0.25) is 0 Å². The van der Waals surface area contributed by atoms with Crippen LogP contribution in [0.2, 0.25) is 0 Å². The van der Waals surface area contributed by atoms with E-state index in [4.69, 9.17) is 4.74 Å². The van der Waals surface area contributed by atoms with Gasteiger partial charge in [0.2, 0.25) is 0 Å². The SMILES string of the molecule is CCOC(=O)c1cc2nccc(C(C)(C)C)n2n1. The van der Waals surface area contributed by atoms with E-state index in [9.17, 15) is 4.79 Å². The minimum absolute atomic E-state index is 0.0703. The first-order valence-corrected chi connectivity index (χ1v) is 5.96. The van der Waals surface area contributed by atoms with Crippen LogP contribution in [0.25, 0.3) is 5.65 Å². The van der Waals surface area contributed by atoms with Crippen LogP contribution in [0, 0.1) is 0 Å². The molecular weight excluding hydrogens is 230 g/mol. The minimum atomic E-state index is -0.414. The van der Waals surface area contributed by atoms with Crippen LogP contribution >= 0.6 is 0 Å². The van der Waals surface area contributed by atoms with E-state index in [-0.39, 0.29) is 5.41 Å². The molecule has 0 saturated heterocycles. The lowest BCUT2D eigenvalue weighted by atomic mass is 9.92. The maximum absolute atomic E-state index is 11.6. The van der Waals surface area contributed by atoms with Crippen molar-refractivity contribution in [1.29, 1.82) is 0 Å². The fraction of sp³-hybridized carbons (Fsp3) is 0.462. The number of nitrogens with zero attached hydrogens (tertiary/aromatic N) is 3. The molecule has 18 heavy (non-hydrogen) atoms. The van der Waals surface area contributed by atoms with Crippen molar-refractivity contribution in [3.05, 3.63) is 29.7 Å². The number of hydrogen-bond acceptors (Lipinski definition) is 4. The van der Waals surface area contributed by atoms with Gasteiger partial charge in [-0.15, -0.1) is 0 Å². The molecule has 0 unspecified atom stereocenters. The van der Waals surface area contributed by atoms with Gasteiger partial charge in [-0.1, -0.05) is 20.8 Å². The van der Waals surface area contributed by atoms with Crippen LogP contribution in [-0.2, 0) is 10.2 Å². The zero-order valence-electron chi connectivity index (χ0n) is 11.1. The lowest BCUT2D eigenvalue weighted by molar-refractivity contribution is 0.0519. The van der Waals surface area contributed by atoms with Crippen molar-refractivity contribution in [2.45, 2.75) is 33.1 Å². The van der Waals surface area contributed by atoms with Crippen LogP contribution in [0.1, 0.15) is 43.9 Å². The molecule has 0 N–H and O–H groups in total. The summed E-state index contributed by atoms with van der Waals surface area (Å²) in [5.41, 5.74) is 1.88. The van der Waals surface area contributed by atoms with Crippen LogP contribution < -0.4 is 0 Å². The second-order valence-corrected chi connectivity index (χ2v) is 5.10. The molecule has 5 heteroatoms. The van der Waals surface area contributed by atoms with E-state index in [1.165, 1.54) is 0 Å². The third-order valence-corrected chi connectivity index (χ3v) is 2.61. The van der Waals surface area contributed by atoms with Crippen LogP contribution in [0.4, 0.5) is 0 Å². The number of aromatic nitrogens is 3. The molecule has 0 radical (unpaired) electrons. The molecule has 2 aromatic rings. The molecule has 0 aliphatic rings. The van der Waals surface area contributed by atoms with Gasteiger partial charge in [0.1, 0.15) is 0 Å². The average Bonchev–Trinajstić information content (AvgIpc) is 2.71. The van der Waals surface area contributed by atoms with Crippen LogP contribution in [-0.4, -0.2) is 27.2 Å². The number of ether oxygens (including phenoxy) is 1. The number of carbonyl (C=O) groups is 1. The van der Waals surface area contributed by atoms with E-state index in [0.29, 0.717) is 17.9 Å². The minimum Gasteiger partial charge on any atom is -0.461 e. The normalized spacial score (nSPS) is 11.8. The van der Waals surface area contributed by atoms with Crippen molar-refractivity contribution in [2.75, 3.05) is 6.61 Å². The molecule has 0 aliphatic carbocycles. The summed E-state index contributed by atoms with van der Waals surface area (Å²) in [4.78, 5) is 15.9. The van der Waals surface area contributed by atoms with Gasteiger partial charge in [-0.05, 0) is 13.0 Å². The van der Waals surface area contributed by atoms with Gasteiger partial charge in [-0.2, -0.15) is 5.10 Å². The molecule has 0 bridgehead atoms. The molecule has 0 saturated carbocycles. The highest BCUT2D eigenvalue weighted by Crippen LogP contribution is 2.22. The molecule has 0 atom stereocenters.